The lowest BCUT2D eigenvalue weighted by Gasteiger charge is -2.31. The van der Waals surface area contributed by atoms with E-state index in [1.165, 1.54) is 18.2 Å². The Morgan fingerprint density at radius 2 is 1.59 bits per heavy atom. The molecule has 0 spiro atoms. The van der Waals surface area contributed by atoms with Crippen molar-refractivity contribution in [1.29, 1.82) is 0 Å². The fourth-order valence-electron chi connectivity index (χ4n) is 1.94. The van der Waals surface area contributed by atoms with E-state index in [2.05, 4.69) is 4.72 Å². The van der Waals surface area contributed by atoms with Gasteiger partial charge in [0.25, 0.3) is 0 Å². The first-order valence-electron chi connectivity index (χ1n) is 6.64. The molecule has 0 aliphatic rings. The van der Waals surface area contributed by atoms with E-state index >= 15 is 0 Å². The zero-order valence-electron chi connectivity index (χ0n) is 12.9. The van der Waals surface area contributed by atoms with E-state index in [4.69, 9.17) is 5.73 Å². The molecule has 1 aromatic carbocycles. The van der Waals surface area contributed by atoms with E-state index in [1.807, 2.05) is 13.8 Å². The highest BCUT2D eigenvalue weighted by atomic mass is 35.5. The van der Waals surface area contributed by atoms with Gasteiger partial charge in [-0.15, -0.1) is 12.4 Å². The monoisotopic (exact) mass is 370 g/mol. The molecule has 1 rings (SSSR count). The summed E-state index contributed by atoms with van der Waals surface area (Å²) in [6, 6.07) is 5.30. The summed E-state index contributed by atoms with van der Waals surface area (Å²) in [5.41, 5.74) is 4.97. The average molecular weight is 371 g/mol. The van der Waals surface area contributed by atoms with Gasteiger partial charge in [0.1, 0.15) is 0 Å². The van der Waals surface area contributed by atoms with Gasteiger partial charge >= 0.3 is 0 Å². The molecule has 0 heterocycles. The van der Waals surface area contributed by atoms with Crippen molar-refractivity contribution in [1.82, 2.24) is 4.72 Å². The Morgan fingerprint density at radius 3 is 2.00 bits per heavy atom. The van der Waals surface area contributed by atoms with E-state index < -0.39 is 25.4 Å². The Balaban J connectivity index is 0.00000441. The molecule has 9 heteroatoms. The fourth-order valence-corrected chi connectivity index (χ4v) is 4.28. The predicted octanol–water partition coefficient (Wildman–Crippen LogP) is 1.31. The summed E-state index contributed by atoms with van der Waals surface area (Å²) >= 11 is 0. The van der Waals surface area contributed by atoms with E-state index in [9.17, 15) is 16.8 Å². The Bertz CT molecular complexity index is 690. The molecule has 0 radical (unpaired) electrons. The van der Waals surface area contributed by atoms with Crippen LogP contribution in [0.2, 0.25) is 0 Å². The van der Waals surface area contributed by atoms with Crippen LogP contribution in [0.4, 0.5) is 0 Å². The molecule has 0 aromatic heterocycles. The number of halogens is 1. The molecule has 3 N–H and O–H groups in total. The van der Waals surface area contributed by atoms with Crippen molar-refractivity contribution in [2.24, 2.45) is 5.73 Å². The van der Waals surface area contributed by atoms with Gasteiger partial charge in [-0.25, -0.2) is 21.6 Å². The largest absolute Gasteiger partial charge is 0.329 e. The van der Waals surface area contributed by atoms with Crippen molar-refractivity contribution in [3.8, 4) is 0 Å². The second kappa shape index (κ2) is 7.74. The predicted molar refractivity (Wildman–Crippen MR) is 89.5 cm³/mol. The number of nitrogens with two attached hydrogens (primary N) is 1. The first-order valence-corrected chi connectivity index (χ1v) is 10.0. The summed E-state index contributed by atoms with van der Waals surface area (Å²) in [5.74, 6) is 0. The highest BCUT2D eigenvalue weighted by molar-refractivity contribution is 7.91. The van der Waals surface area contributed by atoms with E-state index in [0.29, 0.717) is 12.8 Å². The number of hydrogen-bond donors (Lipinski definition) is 2. The number of benzene rings is 1. The molecule has 22 heavy (non-hydrogen) atoms. The van der Waals surface area contributed by atoms with Crippen LogP contribution in [-0.2, 0) is 19.9 Å². The van der Waals surface area contributed by atoms with Gasteiger partial charge in [0.05, 0.1) is 9.79 Å². The molecular formula is C13H23ClN2O4S2. The molecule has 0 saturated carbocycles. The van der Waals surface area contributed by atoms with Gasteiger partial charge < -0.3 is 5.73 Å². The van der Waals surface area contributed by atoms with Gasteiger partial charge in [-0.1, -0.05) is 19.9 Å². The Labute approximate surface area is 138 Å². The zero-order valence-corrected chi connectivity index (χ0v) is 15.3. The summed E-state index contributed by atoms with van der Waals surface area (Å²) in [6.07, 6.45) is 2.13. The van der Waals surface area contributed by atoms with Crippen LogP contribution in [0.5, 0.6) is 0 Å². The lowest BCUT2D eigenvalue weighted by atomic mass is 9.95. The standard InChI is InChI=1S/C13H22N2O4S2.ClH/c1-4-13(5-2,10-14)15-21(18,19)12-8-6-7-11(9-12)20(3,16)17;/h6-9,15H,4-5,10,14H2,1-3H3;1H. The Hall–Kier alpha value is -0.670. The lowest BCUT2D eigenvalue weighted by molar-refractivity contribution is 0.363. The van der Waals surface area contributed by atoms with Gasteiger partial charge in [0.15, 0.2) is 9.84 Å². The summed E-state index contributed by atoms with van der Waals surface area (Å²) in [5, 5.41) is 0. The third kappa shape index (κ3) is 4.92. The van der Waals surface area contributed by atoms with Crippen molar-refractivity contribution in [3.63, 3.8) is 0 Å². The van der Waals surface area contributed by atoms with Crippen molar-refractivity contribution >= 4 is 32.3 Å². The Kier molecular flexibility index (Phi) is 7.50. The zero-order chi connectivity index (χ0) is 16.3. The Morgan fingerprint density at radius 1 is 1.09 bits per heavy atom. The topological polar surface area (TPSA) is 106 Å². The van der Waals surface area contributed by atoms with Crippen LogP contribution in [0.1, 0.15) is 26.7 Å². The first kappa shape index (κ1) is 21.3. The number of sulfone groups is 1. The van der Waals surface area contributed by atoms with Crippen LogP contribution in [0, 0.1) is 0 Å². The molecule has 0 aliphatic heterocycles. The number of nitrogens with one attached hydrogen (secondary N) is 1. The molecule has 1 aromatic rings. The van der Waals surface area contributed by atoms with Gasteiger partial charge in [0, 0.05) is 18.3 Å². The fraction of sp³-hybridized carbons (Fsp3) is 0.538. The van der Waals surface area contributed by atoms with Gasteiger partial charge in [-0.05, 0) is 31.0 Å². The van der Waals surface area contributed by atoms with Gasteiger partial charge in [0.2, 0.25) is 10.0 Å². The third-order valence-corrected chi connectivity index (χ3v) is 6.33. The summed E-state index contributed by atoms with van der Waals surface area (Å²) in [7, 11) is -7.29. The molecule has 6 nitrogen and oxygen atoms in total. The van der Waals surface area contributed by atoms with Crippen LogP contribution in [0.15, 0.2) is 34.1 Å². The summed E-state index contributed by atoms with van der Waals surface area (Å²) in [4.78, 5) is -0.109. The third-order valence-electron chi connectivity index (χ3n) is 3.64. The van der Waals surface area contributed by atoms with Crippen LogP contribution in [0.25, 0.3) is 0 Å². The second-order valence-corrected chi connectivity index (χ2v) is 8.74. The minimum absolute atomic E-state index is 0. The smallest absolute Gasteiger partial charge is 0.241 e. The van der Waals surface area contributed by atoms with Crippen LogP contribution >= 0.6 is 12.4 Å². The number of rotatable bonds is 7. The molecule has 0 atom stereocenters. The van der Waals surface area contributed by atoms with Crippen LogP contribution < -0.4 is 10.5 Å². The number of sulfonamides is 1. The normalized spacial score (nSPS) is 12.7. The maximum Gasteiger partial charge on any atom is 0.241 e. The van der Waals surface area contributed by atoms with E-state index in [0.717, 1.165) is 12.3 Å². The molecule has 0 unspecified atom stereocenters. The molecule has 0 aliphatic carbocycles. The minimum atomic E-state index is -3.83. The molecule has 0 amide bonds. The van der Waals surface area contributed by atoms with E-state index in [-0.39, 0.29) is 28.7 Å². The maximum atomic E-state index is 12.4. The van der Waals surface area contributed by atoms with Crippen molar-refractivity contribution < 1.29 is 16.8 Å². The quantitative estimate of drug-likeness (QED) is 0.752. The SMILES string of the molecule is CCC(CC)(CN)NS(=O)(=O)c1cccc(S(C)(=O)=O)c1.Cl. The molecular weight excluding hydrogens is 348 g/mol. The number of hydrogen-bond acceptors (Lipinski definition) is 5. The van der Waals surface area contributed by atoms with Gasteiger partial charge in [-0.2, -0.15) is 0 Å². The summed E-state index contributed by atoms with van der Waals surface area (Å²) in [6.45, 7) is 3.88. The van der Waals surface area contributed by atoms with Gasteiger partial charge in [-0.3, -0.25) is 0 Å². The van der Waals surface area contributed by atoms with E-state index in [1.54, 1.807) is 0 Å². The second-order valence-electron chi connectivity index (χ2n) is 5.04. The van der Waals surface area contributed by atoms with Crippen molar-refractivity contribution in [2.45, 2.75) is 42.0 Å². The minimum Gasteiger partial charge on any atom is -0.329 e. The molecule has 0 saturated heterocycles. The van der Waals surface area contributed by atoms with Crippen molar-refractivity contribution in [2.75, 3.05) is 12.8 Å². The molecule has 0 bridgehead atoms. The van der Waals surface area contributed by atoms with Crippen LogP contribution in [-0.4, -0.2) is 35.2 Å². The molecule has 128 valence electrons. The summed E-state index contributed by atoms with van der Waals surface area (Å²) < 4.78 is 50.5. The average Bonchev–Trinajstić information content (AvgIpc) is 2.44. The van der Waals surface area contributed by atoms with Crippen molar-refractivity contribution in [3.05, 3.63) is 24.3 Å². The maximum absolute atomic E-state index is 12.4. The first-order chi connectivity index (χ1) is 9.60. The van der Waals surface area contributed by atoms with Crippen LogP contribution in [0.3, 0.4) is 0 Å². The highest BCUT2D eigenvalue weighted by Gasteiger charge is 2.31. The molecule has 0 fully saturated rings. The highest BCUT2D eigenvalue weighted by Crippen LogP contribution is 2.20. The lowest BCUT2D eigenvalue weighted by Crippen LogP contribution is -2.52.